The highest BCUT2D eigenvalue weighted by atomic mass is 127. The number of nitrogens with one attached hydrogen (secondary N) is 2. The van der Waals surface area contributed by atoms with Crippen LogP contribution in [0.15, 0.2) is 47.5 Å². The van der Waals surface area contributed by atoms with Gasteiger partial charge >= 0.3 is 0 Å². The fourth-order valence-corrected chi connectivity index (χ4v) is 4.22. The average Bonchev–Trinajstić information content (AvgIpc) is 3.31. The molecule has 1 fully saturated rings. The Morgan fingerprint density at radius 2 is 1.76 bits per heavy atom. The number of nitrogens with zero attached hydrogens (tertiary/aromatic N) is 2. The van der Waals surface area contributed by atoms with E-state index in [1.165, 1.54) is 24.0 Å². The molecule has 1 saturated heterocycles. The summed E-state index contributed by atoms with van der Waals surface area (Å²) < 4.78 is 16.1. The first-order chi connectivity index (χ1) is 15.7. The van der Waals surface area contributed by atoms with Crippen LogP contribution >= 0.6 is 24.0 Å². The van der Waals surface area contributed by atoms with Gasteiger partial charge in [-0.1, -0.05) is 18.2 Å². The number of halogens is 1. The topological polar surface area (TPSA) is 67.4 Å². The van der Waals surface area contributed by atoms with Crippen LogP contribution in [0, 0.1) is 5.92 Å². The second-order valence-corrected chi connectivity index (χ2v) is 8.39. The molecule has 2 aliphatic heterocycles. The minimum atomic E-state index is 0. The zero-order chi connectivity index (χ0) is 22.2. The first kappa shape index (κ1) is 25.4. The normalized spacial score (nSPS) is 16.2. The van der Waals surface area contributed by atoms with Crippen molar-refractivity contribution < 1.29 is 14.2 Å². The molecular weight excluding hydrogens is 531 g/mol. The van der Waals surface area contributed by atoms with E-state index in [4.69, 9.17) is 14.2 Å². The molecule has 2 N–H and O–H groups in total. The molecular formula is C25H35IN4O3. The summed E-state index contributed by atoms with van der Waals surface area (Å²) in [6, 6.07) is 14.5. The number of hydrogen-bond donors (Lipinski definition) is 2. The lowest BCUT2D eigenvalue weighted by molar-refractivity contribution is 0.174. The highest BCUT2D eigenvalue weighted by Gasteiger charge is 2.19. The van der Waals surface area contributed by atoms with Crippen molar-refractivity contribution in [3.8, 4) is 17.2 Å². The van der Waals surface area contributed by atoms with Crippen molar-refractivity contribution in [2.24, 2.45) is 10.9 Å². The van der Waals surface area contributed by atoms with Gasteiger partial charge in [0.2, 0.25) is 6.79 Å². The molecule has 0 aromatic heterocycles. The Kier molecular flexibility index (Phi) is 9.93. The van der Waals surface area contributed by atoms with E-state index in [1.807, 2.05) is 25.2 Å². The van der Waals surface area contributed by atoms with Crippen molar-refractivity contribution in [3.63, 3.8) is 0 Å². The molecule has 4 rings (SSSR count). The zero-order valence-electron chi connectivity index (χ0n) is 19.5. The van der Waals surface area contributed by atoms with Crippen LogP contribution in [0.3, 0.4) is 0 Å². The molecule has 0 atom stereocenters. The van der Waals surface area contributed by atoms with E-state index < -0.39 is 0 Å². The predicted molar refractivity (Wildman–Crippen MR) is 142 cm³/mol. The van der Waals surface area contributed by atoms with E-state index in [9.17, 15) is 0 Å². The molecule has 2 heterocycles. The zero-order valence-corrected chi connectivity index (χ0v) is 21.8. The molecule has 0 unspecified atom stereocenters. The monoisotopic (exact) mass is 566 g/mol. The average molecular weight is 566 g/mol. The van der Waals surface area contributed by atoms with Gasteiger partial charge in [0.25, 0.3) is 0 Å². The van der Waals surface area contributed by atoms with Crippen LogP contribution in [0.1, 0.15) is 24.0 Å². The number of hydrogen-bond acceptors (Lipinski definition) is 5. The lowest BCUT2D eigenvalue weighted by Gasteiger charge is -2.32. The van der Waals surface area contributed by atoms with E-state index >= 15 is 0 Å². The lowest BCUT2D eigenvalue weighted by atomic mass is 9.96. The summed E-state index contributed by atoms with van der Waals surface area (Å²) in [6.45, 7) is 5.37. The number of ether oxygens (including phenoxy) is 3. The van der Waals surface area contributed by atoms with Crippen LogP contribution in [0.5, 0.6) is 17.2 Å². The van der Waals surface area contributed by atoms with E-state index in [0.717, 1.165) is 62.4 Å². The second kappa shape index (κ2) is 12.9. The smallest absolute Gasteiger partial charge is 0.231 e. The summed E-state index contributed by atoms with van der Waals surface area (Å²) >= 11 is 0. The Morgan fingerprint density at radius 3 is 2.48 bits per heavy atom. The summed E-state index contributed by atoms with van der Waals surface area (Å²) in [5.74, 6) is 4.12. The van der Waals surface area contributed by atoms with Gasteiger partial charge in [-0.3, -0.25) is 9.89 Å². The Bertz CT molecular complexity index is 899. The van der Waals surface area contributed by atoms with Crippen LogP contribution in [0.25, 0.3) is 0 Å². The summed E-state index contributed by atoms with van der Waals surface area (Å²) in [4.78, 5) is 6.91. The van der Waals surface area contributed by atoms with Gasteiger partial charge in [0, 0.05) is 26.7 Å². The number of piperidine rings is 1. The van der Waals surface area contributed by atoms with Crippen molar-refractivity contribution in [1.29, 1.82) is 0 Å². The van der Waals surface area contributed by atoms with Crippen molar-refractivity contribution in [3.05, 3.63) is 53.6 Å². The van der Waals surface area contributed by atoms with Crippen LogP contribution in [0.4, 0.5) is 0 Å². The Morgan fingerprint density at radius 1 is 1.03 bits per heavy atom. The van der Waals surface area contributed by atoms with Crippen molar-refractivity contribution in [1.82, 2.24) is 15.5 Å². The Hall–Kier alpha value is -2.20. The summed E-state index contributed by atoms with van der Waals surface area (Å²) in [5.41, 5.74) is 2.57. The third-order valence-corrected chi connectivity index (χ3v) is 6.20. The van der Waals surface area contributed by atoms with E-state index in [2.05, 4.69) is 44.8 Å². The Labute approximate surface area is 213 Å². The maximum absolute atomic E-state index is 5.46. The lowest BCUT2D eigenvalue weighted by Crippen LogP contribution is -2.43. The molecule has 2 aliphatic rings. The third-order valence-electron chi connectivity index (χ3n) is 6.20. The minimum absolute atomic E-state index is 0. The molecule has 0 spiro atoms. The largest absolute Gasteiger partial charge is 0.497 e. The molecule has 180 valence electrons. The summed E-state index contributed by atoms with van der Waals surface area (Å²) in [5, 5.41) is 6.93. The number of methoxy groups -OCH3 is 1. The predicted octanol–water partition coefficient (Wildman–Crippen LogP) is 3.66. The van der Waals surface area contributed by atoms with E-state index in [1.54, 1.807) is 7.11 Å². The van der Waals surface area contributed by atoms with Crippen molar-refractivity contribution >= 4 is 29.9 Å². The standard InChI is InChI=1S/C25H34N4O3.HI/c1-26-25(27-12-9-19-5-8-23-24(15-19)32-18-31-23)28-16-20-10-13-29(14-11-20)17-21-3-6-22(30-2)7-4-21;/h3-8,15,20H,9-14,16-18H2,1-2H3,(H2,26,27,28);1H. The number of likely N-dealkylation sites (tertiary alicyclic amines) is 1. The van der Waals surface area contributed by atoms with Gasteiger partial charge in [0.05, 0.1) is 7.11 Å². The van der Waals surface area contributed by atoms with E-state index in [-0.39, 0.29) is 24.0 Å². The molecule has 0 aliphatic carbocycles. The second-order valence-electron chi connectivity index (χ2n) is 8.39. The Balaban J connectivity index is 0.00000306. The maximum Gasteiger partial charge on any atom is 0.231 e. The molecule has 2 aromatic rings. The van der Waals surface area contributed by atoms with Crippen LogP contribution in [0.2, 0.25) is 0 Å². The first-order valence-corrected chi connectivity index (χ1v) is 11.4. The molecule has 2 aromatic carbocycles. The van der Waals surface area contributed by atoms with Crippen LogP contribution in [-0.2, 0) is 13.0 Å². The van der Waals surface area contributed by atoms with Gasteiger partial charge in [0.1, 0.15) is 5.75 Å². The van der Waals surface area contributed by atoms with Gasteiger partial charge in [-0.05, 0) is 73.7 Å². The number of aliphatic imine (C=N–C) groups is 1. The quantitative estimate of drug-likeness (QED) is 0.289. The third kappa shape index (κ3) is 7.40. The fraction of sp³-hybridized carbons (Fsp3) is 0.480. The summed E-state index contributed by atoms with van der Waals surface area (Å²) in [6.07, 6.45) is 3.32. The summed E-state index contributed by atoms with van der Waals surface area (Å²) in [7, 11) is 3.53. The highest BCUT2D eigenvalue weighted by molar-refractivity contribution is 14.0. The molecule has 0 amide bonds. The number of benzene rings is 2. The molecule has 33 heavy (non-hydrogen) atoms. The van der Waals surface area contributed by atoms with Crippen molar-refractivity contribution in [2.45, 2.75) is 25.8 Å². The van der Waals surface area contributed by atoms with Crippen LogP contribution in [-0.4, -0.2) is 58.0 Å². The maximum atomic E-state index is 5.46. The number of guanidine groups is 1. The van der Waals surface area contributed by atoms with Crippen LogP contribution < -0.4 is 24.8 Å². The minimum Gasteiger partial charge on any atom is -0.497 e. The van der Waals surface area contributed by atoms with E-state index in [0.29, 0.717) is 12.7 Å². The van der Waals surface area contributed by atoms with Gasteiger partial charge in [-0.2, -0.15) is 0 Å². The molecule has 0 bridgehead atoms. The molecule has 8 heteroatoms. The number of fused-ring (bicyclic) bond motifs is 1. The SMILES string of the molecule is CN=C(NCCc1ccc2c(c1)OCO2)NCC1CCN(Cc2ccc(OC)cc2)CC1.I. The van der Waals surface area contributed by atoms with Gasteiger partial charge in [-0.25, -0.2) is 0 Å². The van der Waals surface area contributed by atoms with Gasteiger partial charge in [-0.15, -0.1) is 24.0 Å². The number of rotatable bonds is 8. The van der Waals surface area contributed by atoms with Crippen molar-refractivity contribution in [2.75, 3.05) is 47.1 Å². The first-order valence-electron chi connectivity index (χ1n) is 11.4. The highest BCUT2D eigenvalue weighted by Crippen LogP contribution is 2.32. The van der Waals surface area contributed by atoms with Gasteiger partial charge in [0.15, 0.2) is 17.5 Å². The molecule has 0 saturated carbocycles. The van der Waals surface area contributed by atoms with Gasteiger partial charge < -0.3 is 24.8 Å². The fourth-order valence-electron chi connectivity index (χ4n) is 4.22. The molecule has 7 nitrogen and oxygen atoms in total. The molecule has 0 radical (unpaired) electrons.